The largest absolute Gasteiger partial charge is 0.469 e. The maximum Gasteiger partial charge on any atom is 0.310 e. The van der Waals surface area contributed by atoms with Crippen LogP contribution >= 0.6 is 0 Å². The third-order valence-electron chi connectivity index (χ3n) is 5.05. The number of carbonyl (C=O) groups excluding carboxylic acids is 3. The smallest absolute Gasteiger partial charge is 0.310 e. The van der Waals surface area contributed by atoms with Crippen molar-refractivity contribution in [1.29, 1.82) is 0 Å². The van der Waals surface area contributed by atoms with Crippen molar-refractivity contribution in [3.05, 3.63) is 35.9 Å². The van der Waals surface area contributed by atoms with Gasteiger partial charge in [0.2, 0.25) is 11.8 Å². The Morgan fingerprint density at radius 3 is 2.64 bits per heavy atom. The molecule has 2 fully saturated rings. The highest BCUT2D eigenvalue weighted by Gasteiger charge is 2.38. The van der Waals surface area contributed by atoms with Crippen LogP contribution in [-0.2, 0) is 25.7 Å². The number of piperidine rings is 1. The average Bonchev–Trinajstić information content (AvgIpc) is 3.02. The minimum Gasteiger partial charge on any atom is -0.469 e. The molecular weight excluding hydrogens is 320 g/mol. The van der Waals surface area contributed by atoms with Crippen LogP contribution in [0.4, 0.5) is 0 Å². The van der Waals surface area contributed by atoms with Gasteiger partial charge in [0.15, 0.2) is 0 Å². The lowest BCUT2D eigenvalue weighted by Crippen LogP contribution is -2.45. The van der Waals surface area contributed by atoms with E-state index in [1.54, 1.807) is 9.80 Å². The second-order valence-electron chi connectivity index (χ2n) is 6.81. The Morgan fingerprint density at radius 1 is 1.16 bits per heavy atom. The van der Waals surface area contributed by atoms with E-state index in [2.05, 4.69) is 0 Å². The molecule has 1 aromatic rings. The molecule has 2 heterocycles. The fraction of sp³-hybridized carbons (Fsp3) is 0.526. The molecule has 2 amide bonds. The van der Waals surface area contributed by atoms with Gasteiger partial charge in [0, 0.05) is 32.6 Å². The highest BCUT2D eigenvalue weighted by atomic mass is 16.5. The summed E-state index contributed by atoms with van der Waals surface area (Å²) in [5.41, 5.74) is 1.06. The van der Waals surface area contributed by atoms with E-state index in [4.69, 9.17) is 4.74 Å². The van der Waals surface area contributed by atoms with Gasteiger partial charge in [-0.05, 0) is 18.4 Å². The number of likely N-dealkylation sites (tertiary alicyclic amines) is 2. The predicted molar refractivity (Wildman–Crippen MR) is 91.3 cm³/mol. The molecule has 6 nitrogen and oxygen atoms in total. The second kappa shape index (κ2) is 7.68. The molecule has 0 radical (unpaired) electrons. The minimum atomic E-state index is -0.312. The lowest BCUT2D eigenvalue weighted by Gasteiger charge is -2.33. The summed E-state index contributed by atoms with van der Waals surface area (Å²) < 4.78 is 4.80. The molecule has 0 N–H and O–H groups in total. The van der Waals surface area contributed by atoms with Crippen LogP contribution in [0.15, 0.2) is 30.3 Å². The number of nitrogens with zero attached hydrogens (tertiary/aromatic N) is 2. The zero-order valence-corrected chi connectivity index (χ0v) is 14.5. The monoisotopic (exact) mass is 344 g/mol. The second-order valence-corrected chi connectivity index (χ2v) is 6.81. The highest BCUT2D eigenvalue weighted by Crippen LogP contribution is 2.25. The minimum absolute atomic E-state index is 0.0162. The Kier molecular flexibility index (Phi) is 5.36. The number of ether oxygens (including phenoxy) is 1. The third-order valence-corrected chi connectivity index (χ3v) is 5.05. The predicted octanol–water partition coefficient (Wildman–Crippen LogP) is 1.45. The third kappa shape index (κ3) is 4.00. The zero-order chi connectivity index (χ0) is 17.8. The number of hydrogen-bond donors (Lipinski definition) is 0. The van der Waals surface area contributed by atoms with Crippen LogP contribution < -0.4 is 0 Å². The maximum absolute atomic E-state index is 12.8. The van der Waals surface area contributed by atoms with E-state index in [1.807, 2.05) is 30.3 Å². The number of benzene rings is 1. The molecule has 2 unspecified atom stereocenters. The number of rotatable bonds is 4. The number of methoxy groups -OCH3 is 1. The van der Waals surface area contributed by atoms with Crippen LogP contribution in [0.5, 0.6) is 0 Å². The maximum atomic E-state index is 12.8. The highest BCUT2D eigenvalue weighted by molar-refractivity contribution is 5.89. The van der Waals surface area contributed by atoms with Crippen molar-refractivity contribution in [1.82, 2.24) is 9.80 Å². The quantitative estimate of drug-likeness (QED) is 0.776. The molecule has 0 saturated carbocycles. The van der Waals surface area contributed by atoms with Gasteiger partial charge in [-0.1, -0.05) is 30.3 Å². The van der Waals surface area contributed by atoms with Gasteiger partial charge in [0.1, 0.15) is 0 Å². The molecule has 2 aliphatic rings. The SMILES string of the molecule is COC(=O)C1CCCN(C(=O)C2CC(=O)N(Cc3ccccc3)C2)C1. The van der Waals surface area contributed by atoms with Crippen molar-refractivity contribution in [3.63, 3.8) is 0 Å². The molecule has 134 valence electrons. The first-order chi connectivity index (χ1) is 12.1. The van der Waals surface area contributed by atoms with Crippen molar-refractivity contribution in [3.8, 4) is 0 Å². The van der Waals surface area contributed by atoms with E-state index in [0.29, 0.717) is 26.2 Å². The van der Waals surface area contributed by atoms with E-state index in [1.165, 1.54) is 7.11 Å². The Balaban J connectivity index is 1.59. The van der Waals surface area contributed by atoms with Crippen LogP contribution in [0.3, 0.4) is 0 Å². The van der Waals surface area contributed by atoms with Crippen LogP contribution in [0.25, 0.3) is 0 Å². The lowest BCUT2D eigenvalue weighted by atomic mass is 9.96. The van der Waals surface area contributed by atoms with E-state index in [9.17, 15) is 14.4 Å². The van der Waals surface area contributed by atoms with E-state index < -0.39 is 0 Å². The van der Waals surface area contributed by atoms with Gasteiger partial charge in [-0.15, -0.1) is 0 Å². The molecule has 0 spiro atoms. The Morgan fingerprint density at radius 2 is 1.92 bits per heavy atom. The number of amides is 2. The van der Waals surface area contributed by atoms with E-state index in [-0.39, 0.29) is 36.0 Å². The zero-order valence-electron chi connectivity index (χ0n) is 14.5. The summed E-state index contributed by atoms with van der Waals surface area (Å²) in [6.45, 7) is 2.03. The summed E-state index contributed by atoms with van der Waals surface area (Å²) in [5, 5.41) is 0. The fourth-order valence-electron chi connectivity index (χ4n) is 3.69. The molecule has 0 aromatic heterocycles. The molecule has 6 heteroatoms. The summed E-state index contributed by atoms with van der Waals surface area (Å²) in [6.07, 6.45) is 1.80. The van der Waals surface area contributed by atoms with Crippen molar-refractivity contribution < 1.29 is 19.1 Å². The molecule has 3 rings (SSSR count). The van der Waals surface area contributed by atoms with E-state index in [0.717, 1.165) is 18.4 Å². The topological polar surface area (TPSA) is 66.9 Å². The number of carbonyl (C=O) groups is 3. The average molecular weight is 344 g/mol. The summed E-state index contributed by atoms with van der Waals surface area (Å²) in [7, 11) is 1.38. The van der Waals surface area contributed by atoms with Crippen LogP contribution in [0.1, 0.15) is 24.8 Å². The Labute approximate surface area is 147 Å². The van der Waals surface area contributed by atoms with Gasteiger partial charge in [-0.25, -0.2) is 0 Å². The molecule has 2 aliphatic heterocycles. The number of esters is 1. The molecule has 25 heavy (non-hydrogen) atoms. The van der Waals surface area contributed by atoms with Crippen LogP contribution in [-0.4, -0.2) is 54.3 Å². The molecule has 0 bridgehead atoms. The Bertz CT molecular complexity index is 646. The van der Waals surface area contributed by atoms with Crippen LogP contribution in [0.2, 0.25) is 0 Å². The van der Waals surface area contributed by atoms with Gasteiger partial charge >= 0.3 is 5.97 Å². The van der Waals surface area contributed by atoms with Gasteiger partial charge in [0.25, 0.3) is 0 Å². The lowest BCUT2D eigenvalue weighted by molar-refractivity contribution is -0.149. The number of hydrogen-bond acceptors (Lipinski definition) is 4. The summed E-state index contributed by atoms with van der Waals surface area (Å²) in [4.78, 5) is 40.3. The normalized spacial score (nSPS) is 23.6. The summed E-state index contributed by atoms with van der Waals surface area (Å²) in [6, 6.07) is 9.79. The first-order valence-corrected chi connectivity index (χ1v) is 8.77. The first-order valence-electron chi connectivity index (χ1n) is 8.77. The summed E-state index contributed by atoms with van der Waals surface area (Å²) >= 11 is 0. The standard InChI is InChI=1S/C19H24N2O4/c1-25-19(24)15-8-5-9-20(12-15)18(23)16-10-17(22)21(13-16)11-14-6-3-2-4-7-14/h2-4,6-7,15-16H,5,8-13H2,1H3. The fourth-order valence-corrected chi connectivity index (χ4v) is 3.69. The van der Waals surface area contributed by atoms with Gasteiger partial charge < -0.3 is 14.5 Å². The summed E-state index contributed by atoms with van der Waals surface area (Å²) in [5.74, 6) is -0.820. The van der Waals surface area contributed by atoms with Gasteiger partial charge in [-0.3, -0.25) is 14.4 Å². The Hall–Kier alpha value is -2.37. The van der Waals surface area contributed by atoms with Gasteiger partial charge in [0.05, 0.1) is 18.9 Å². The van der Waals surface area contributed by atoms with Crippen LogP contribution in [0, 0.1) is 11.8 Å². The first kappa shape index (κ1) is 17.5. The molecular formula is C19H24N2O4. The van der Waals surface area contributed by atoms with Crippen molar-refractivity contribution in [2.75, 3.05) is 26.7 Å². The van der Waals surface area contributed by atoms with E-state index >= 15 is 0 Å². The van der Waals surface area contributed by atoms with Crippen molar-refractivity contribution in [2.24, 2.45) is 11.8 Å². The molecule has 1 aromatic carbocycles. The molecule has 2 atom stereocenters. The van der Waals surface area contributed by atoms with Gasteiger partial charge in [-0.2, -0.15) is 0 Å². The molecule has 2 saturated heterocycles. The van der Waals surface area contributed by atoms with Crippen molar-refractivity contribution >= 4 is 17.8 Å². The molecule has 0 aliphatic carbocycles. The van der Waals surface area contributed by atoms with Crippen molar-refractivity contribution in [2.45, 2.75) is 25.8 Å².